The topological polar surface area (TPSA) is 36.4 Å². The zero-order valence-electron chi connectivity index (χ0n) is 14.9. The number of fused-ring (bicyclic) bond motifs is 1. The molecule has 3 rings (SSSR count). The Kier molecular flexibility index (Phi) is 5.90. The molecule has 26 heavy (non-hydrogen) atoms. The van der Waals surface area contributed by atoms with Gasteiger partial charge in [0.2, 0.25) is 0 Å². The number of nitrogens with zero attached hydrogens (tertiary/aromatic N) is 3. The standard InChI is InChI=1S/C19H20FN3OS2/c1-22(2)10-11-23(18(24)13-4-6-14(20)7-5-13)19-21-16-9-8-15(25-3)12-17(16)26-19/h4-9,12H,10-11H2,1-3H3. The molecule has 0 radical (unpaired) electrons. The van der Waals surface area contributed by atoms with E-state index in [1.807, 2.05) is 37.4 Å². The van der Waals surface area contributed by atoms with Crippen LogP contribution in [0, 0.1) is 5.82 Å². The number of thiazole rings is 1. The molecule has 1 heterocycles. The van der Waals surface area contributed by atoms with Crippen molar-refractivity contribution < 1.29 is 9.18 Å². The van der Waals surface area contributed by atoms with Gasteiger partial charge in [0.05, 0.1) is 10.2 Å². The number of anilines is 1. The van der Waals surface area contributed by atoms with Crippen molar-refractivity contribution in [3.05, 3.63) is 53.8 Å². The molecule has 1 aromatic heterocycles. The highest BCUT2D eigenvalue weighted by atomic mass is 32.2. The Labute approximate surface area is 160 Å². The zero-order valence-corrected chi connectivity index (χ0v) is 16.5. The van der Waals surface area contributed by atoms with Gasteiger partial charge in [0.1, 0.15) is 5.82 Å². The van der Waals surface area contributed by atoms with Crippen molar-refractivity contribution in [2.45, 2.75) is 4.90 Å². The molecule has 0 aliphatic carbocycles. The molecule has 1 amide bonds. The van der Waals surface area contributed by atoms with Crippen LogP contribution in [0.3, 0.4) is 0 Å². The summed E-state index contributed by atoms with van der Waals surface area (Å²) in [5.74, 6) is -0.526. The number of benzene rings is 2. The molecule has 0 saturated heterocycles. The van der Waals surface area contributed by atoms with Crippen LogP contribution in [0.4, 0.5) is 9.52 Å². The van der Waals surface area contributed by atoms with E-state index in [0.717, 1.165) is 15.1 Å². The summed E-state index contributed by atoms with van der Waals surface area (Å²) in [6.07, 6.45) is 2.03. The lowest BCUT2D eigenvalue weighted by atomic mass is 10.2. The first-order valence-corrected chi connectivity index (χ1v) is 10.2. The number of carbonyl (C=O) groups excluding carboxylic acids is 1. The maximum absolute atomic E-state index is 13.2. The maximum atomic E-state index is 13.2. The minimum Gasteiger partial charge on any atom is -0.308 e. The minimum atomic E-state index is -0.356. The number of amides is 1. The van der Waals surface area contributed by atoms with Crippen LogP contribution >= 0.6 is 23.1 Å². The molecule has 7 heteroatoms. The van der Waals surface area contributed by atoms with Gasteiger partial charge in [0.15, 0.2) is 5.13 Å². The van der Waals surface area contributed by atoms with Crippen molar-refractivity contribution in [2.75, 3.05) is 38.3 Å². The smallest absolute Gasteiger partial charge is 0.260 e. The Morgan fingerprint density at radius 3 is 2.54 bits per heavy atom. The normalized spacial score (nSPS) is 11.3. The van der Waals surface area contributed by atoms with Crippen molar-refractivity contribution in [1.29, 1.82) is 0 Å². The summed E-state index contributed by atoms with van der Waals surface area (Å²) in [5, 5.41) is 0.662. The molecule has 3 aromatic rings. The quantitative estimate of drug-likeness (QED) is 0.587. The number of likely N-dealkylation sites (N-methyl/N-ethyl adjacent to an activating group) is 1. The van der Waals surface area contributed by atoms with Crippen LogP contribution in [0.25, 0.3) is 10.2 Å². The van der Waals surface area contributed by atoms with Crippen LogP contribution in [0.5, 0.6) is 0 Å². The lowest BCUT2D eigenvalue weighted by Crippen LogP contribution is -2.36. The Morgan fingerprint density at radius 2 is 1.88 bits per heavy atom. The average Bonchev–Trinajstić information content (AvgIpc) is 3.04. The van der Waals surface area contributed by atoms with E-state index in [9.17, 15) is 9.18 Å². The van der Waals surface area contributed by atoms with Gasteiger partial charge in [-0.05, 0) is 62.8 Å². The molecule has 0 saturated carbocycles. The van der Waals surface area contributed by atoms with Crippen LogP contribution in [-0.4, -0.2) is 49.2 Å². The number of carbonyl (C=O) groups is 1. The highest BCUT2D eigenvalue weighted by Gasteiger charge is 2.21. The van der Waals surface area contributed by atoms with Crippen molar-refractivity contribution in [1.82, 2.24) is 9.88 Å². The van der Waals surface area contributed by atoms with Gasteiger partial charge >= 0.3 is 0 Å². The highest BCUT2D eigenvalue weighted by molar-refractivity contribution is 7.98. The van der Waals surface area contributed by atoms with Crippen LogP contribution in [0.1, 0.15) is 10.4 Å². The number of thioether (sulfide) groups is 1. The molecule has 0 aliphatic heterocycles. The van der Waals surface area contributed by atoms with Crippen LogP contribution in [-0.2, 0) is 0 Å². The third-order valence-corrected chi connectivity index (χ3v) is 5.69. The fourth-order valence-corrected chi connectivity index (χ4v) is 4.01. The predicted octanol–water partition coefficient (Wildman–Crippen LogP) is 4.37. The molecule has 0 aliphatic rings. The van der Waals surface area contributed by atoms with Gasteiger partial charge in [0.25, 0.3) is 5.91 Å². The van der Waals surface area contributed by atoms with Gasteiger partial charge in [-0.2, -0.15) is 0 Å². The molecule has 0 bridgehead atoms. The van der Waals surface area contributed by atoms with Gasteiger partial charge in [-0.25, -0.2) is 9.37 Å². The lowest BCUT2D eigenvalue weighted by Gasteiger charge is -2.22. The van der Waals surface area contributed by atoms with Crippen molar-refractivity contribution in [3.63, 3.8) is 0 Å². The summed E-state index contributed by atoms with van der Waals surface area (Å²) in [5.41, 5.74) is 1.33. The van der Waals surface area contributed by atoms with Gasteiger partial charge in [-0.3, -0.25) is 9.69 Å². The van der Waals surface area contributed by atoms with E-state index in [2.05, 4.69) is 11.1 Å². The van der Waals surface area contributed by atoms with Gasteiger partial charge in [-0.1, -0.05) is 11.3 Å². The molecule has 0 atom stereocenters. The zero-order chi connectivity index (χ0) is 18.7. The first-order valence-electron chi connectivity index (χ1n) is 8.14. The lowest BCUT2D eigenvalue weighted by molar-refractivity contribution is 0.0985. The second-order valence-electron chi connectivity index (χ2n) is 6.10. The van der Waals surface area contributed by atoms with Gasteiger partial charge < -0.3 is 4.90 Å². The minimum absolute atomic E-state index is 0.170. The number of aromatic nitrogens is 1. The fourth-order valence-electron chi connectivity index (χ4n) is 2.47. The molecule has 0 spiro atoms. The summed E-state index contributed by atoms with van der Waals surface area (Å²) < 4.78 is 14.2. The average molecular weight is 390 g/mol. The molecular formula is C19H20FN3OS2. The molecule has 0 fully saturated rings. The predicted molar refractivity (Wildman–Crippen MR) is 108 cm³/mol. The van der Waals surface area contributed by atoms with Gasteiger partial charge in [0, 0.05) is 23.5 Å². The Hall–Kier alpha value is -1.96. The van der Waals surface area contributed by atoms with Gasteiger partial charge in [-0.15, -0.1) is 11.8 Å². The summed E-state index contributed by atoms with van der Waals surface area (Å²) in [7, 11) is 3.92. The molecular weight excluding hydrogens is 369 g/mol. The Morgan fingerprint density at radius 1 is 1.15 bits per heavy atom. The fraction of sp³-hybridized carbons (Fsp3) is 0.263. The molecule has 4 nitrogen and oxygen atoms in total. The molecule has 2 aromatic carbocycles. The molecule has 0 unspecified atom stereocenters. The molecule has 136 valence electrons. The van der Waals surface area contributed by atoms with E-state index >= 15 is 0 Å². The van der Waals surface area contributed by atoms with E-state index in [0.29, 0.717) is 23.8 Å². The van der Waals surface area contributed by atoms with Crippen LogP contribution in [0.15, 0.2) is 47.4 Å². The largest absolute Gasteiger partial charge is 0.308 e. The Bertz CT molecular complexity index is 909. The van der Waals surface area contributed by atoms with E-state index in [-0.39, 0.29) is 11.7 Å². The van der Waals surface area contributed by atoms with E-state index in [1.54, 1.807) is 16.7 Å². The number of rotatable bonds is 6. The highest BCUT2D eigenvalue weighted by Crippen LogP contribution is 2.32. The number of hydrogen-bond donors (Lipinski definition) is 0. The van der Waals surface area contributed by atoms with E-state index < -0.39 is 0 Å². The van der Waals surface area contributed by atoms with E-state index in [4.69, 9.17) is 0 Å². The summed E-state index contributed by atoms with van der Waals surface area (Å²) in [6, 6.07) is 11.7. The third-order valence-electron chi connectivity index (χ3n) is 3.92. The van der Waals surface area contributed by atoms with Crippen LogP contribution < -0.4 is 4.90 Å². The summed E-state index contributed by atoms with van der Waals surface area (Å²) >= 11 is 3.18. The summed E-state index contributed by atoms with van der Waals surface area (Å²) in [4.78, 5) is 22.5. The SMILES string of the molecule is CSc1ccc2nc(N(CCN(C)C)C(=O)c3ccc(F)cc3)sc2c1. The third kappa shape index (κ3) is 4.23. The van der Waals surface area contributed by atoms with E-state index in [1.165, 1.54) is 35.6 Å². The number of halogens is 1. The monoisotopic (exact) mass is 389 g/mol. The second kappa shape index (κ2) is 8.16. The van der Waals surface area contributed by atoms with Crippen molar-refractivity contribution in [2.24, 2.45) is 0 Å². The van der Waals surface area contributed by atoms with Crippen LogP contribution in [0.2, 0.25) is 0 Å². The summed E-state index contributed by atoms with van der Waals surface area (Å²) in [6.45, 7) is 1.22. The number of hydrogen-bond acceptors (Lipinski definition) is 5. The first-order chi connectivity index (χ1) is 12.5. The van der Waals surface area contributed by atoms with Crippen molar-refractivity contribution in [3.8, 4) is 0 Å². The first kappa shape index (κ1) is 18.8. The van der Waals surface area contributed by atoms with Crippen molar-refractivity contribution >= 4 is 44.4 Å². The second-order valence-corrected chi connectivity index (χ2v) is 7.99. The molecule has 0 N–H and O–H groups in total. The Balaban J connectivity index is 1.97. The maximum Gasteiger partial charge on any atom is 0.260 e.